The van der Waals surface area contributed by atoms with Crippen molar-refractivity contribution in [3.05, 3.63) is 47.3 Å². The van der Waals surface area contributed by atoms with Gasteiger partial charge in [0, 0.05) is 11.7 Å². The SMILES string of the molecule is O=C(NC1CCCCC1)C1(c2ccc(NS(=O)(=O)c3cccs3)cc2)CC1.O=C(O)C(F)(F)F. The van der Waals surface area contributed by atoms with Crippen LogP contribution in [0.3, 0.4) is 0 Å². The zero-order valence-corrected chi connectivity index (χ0v) is 19.7. The Morgan fingerprint density at radius 3 is 2.09 bits per heavy atom. The van der Waals surface area contributed by atoms with Crippen molar-refractivity contribution < 1.29 is 36.3 Å². The maximum absolute atomic E-state index is 12.8. The third-order valence-electron chi connectivity index (χ3n) is 5.82. The normalized spacial score (nSPS) is 17.7. The number of rotatable bonds is 6. The van der Waals surface area contributed by atoms with E-state index in [-0.39, 0.29) is 10.1 Å². The van der Waals surface area contributed by atoms with Crippen LogP contribution in [0.2, 0.25) is 0 Å². The van der Waals surface area contributed by atoms with Gasteiger partial charge in [-0.25, -0.2) is 13.2 Å². The fraction of sp³-hybridized carbons (Fsp3) is 0.455. The van der Waals surface area contributed by atoms with Crippen molar-refractivity contribution in [2.24, 2.45) is 0 Å². The number of anilines is 1. The highest BCUT2D eigenvalue weighted by molar-refractivity contribution is 7.94. The van der Waals surface area contributed by atoms with E-state index < -0.39 is 27.6 Å². The van der Waals surface area contributed by atoms with Crippen LogP contribution < -0.4 is 10.0 Å². The molecule has 2 fully saturated rings. The van der Waals surface area contributed by atoms with Gasteiger partial charge in [0.05, 0.1) is 5.41 Å². The van der Waals surface area contributed by atoms with Gasteiger partial charge >= 0.3 is 12.1 Å². The predicted octanol–water partition coefficient (Wildman–Crippen LogP) is 4.66. The molecule has 0 radical (unpaired) electrons. The lowest BCUT2D eigenvalue weighted by Gasteiger charge is -2.25. The van der Waals surface area contributed by atoms with Gasteiger partial charge in [0.25, 0.3) is 10.0 Å². The largest absolute Gasteiger partial charge is 0.490 e. The number of sulfonamides is 1. The first kappa shape index (κ1) is 26.0. The Labute approximate surface area is 199 Å². The summed E-state index contributed by atoms with van der Waals surface area (Å²) in [4.78, 5) is 21.7. The molecule has 1 aromatic heterocycles. The van der Waals surface area contributed by atoms with Gasteiger partial charge in [-0.05, 0) is 54.8 Å². The summed E-state index contributed by atoms with van der Waals surface area (Å²) in [6.07, 6.45) is 2.42. The van der Waals surface area contributed by atoms with E-state index in [4.69, 9.17) is 9.90 Å². The Balaban J connectivity index is 0.000000406. The number of nitrogens with one attached hydrogen (secondary N) is 2. The van der Waals surface area contributed by atoms with E-state index in [0.29, 0.717) is 11.7 Å². The van der Waals surface area contributed by atoms with Crippen LogP contribution in [0, 0.1) is 0 Å². The van der Waals surface area contributed by atoms with Gasteiger partial charge < -0.3 is 10.4 Å². The highest BCUT2D eigenvalue weighted by atomic mass is 32.2. The van der Waals surface area contributed by atoms with Gasteiger partial charge in [-0.15, -0.1) is 11.3 Å². The van der Waals surface area contributed by atoms with E-state index in [1.807, 2.05) is 12.1 Å². The number of aliphatic carboxylic acids is 1. The van der Waals surface area contributed by atoms with Crippen LogP contribution in [0.15, 0.2) is 46.0 Å². The standard InChI is InChI=1S/C20H24N2O3S2.C2HF3O2/c23-19(21-16-5-2-1-3-6-16)20(12-13-20)15-8-10-17(11-9-15)22-27(24,25)18-7-4-14-26-18;3-2(4,5)1(6)7/h4,7-11,14,16,22H,1-3,5-6,12-13H2,(H,21,23);(H,6,7). The maximum Gasteiger partial charge on any atom is 0.490 e. The number of benzene rings is 1. The Morgan fingerprint density at radius 2 is 1.62 bits per heavy atom. The molecule has 12 heteroatoms. The Bertz CT molecular complexity index is 1090. The van der Waals surface area contributed by atoms with Crippen LogP contribution >= 0.6 is 11.3 Å². The molecule has 2 saturated carbocycles. The molecule has 7 nitrogen and oxygen atoms in total. The molecular weight excluding hydrogens is 493 g/mol. The molecule has 1 heterocycles. The maximum atomic E-state index is 12.8. The van der Waals surface area contributed by atoms with Gasteiger partial charge in [0.1, 0.15) is 4.21 Å². The van der Waals surface area contributed by atoms with Gasteiger partial charge in [-0.1, -0.05) is 37.5 Å². The molecule has 2 aliphatic rings. The quantitative estimate of drug-likeness (QED) is 0.515. The highest BCUT2D eigenvalue weighted by Crippen LogP contribution is 2.49. The van der Waals surface area contributed by atoms with E-state index in [1.165, 1.54) is 30.6 Å². The molecule has 186 valence electrons. The lowest BCUT2D eigenvalue weighted by Crippen LogP contribution is -2.42. The molecule has 0 bridgehead atoms. The first-order valence-electron chi connectivity index (χ1n) is 10.7. The summed E-state index contributed by atoms with van der Waals surface area (Å²) in [5.41, 5.74) is 1.05. The van der Waals surface area contributed by atoms with Crippen molar-refractivity contribution in [3.8, 4) is 0 Å². The van der Waals surface area contributed by atoms with E-state index in [1.54, 1.807) is 29.6 Å². The number of carbonyl (C=O) groups excluding carboxylic acids is 1. The predicted molar refractivity (Wildman–Crippen MR) is 121 cm³/mol. The second-order valence-corrected chi connectivity index (χ2v) is 11.2. The number of thiophene rings is 1. The number of halogens is 3. The lowest BCUT2D eigenvalue weighted by atomic mass is 9.91. The Morgan fingerprint density at radius 1 is 1.03 bits per heavy atom. The van der Waals surface area contributed by atoms with E-state index in [9.17, 15) is 26.4 Å². The molecule has 0 aliphatic heterocycles. The van der Waals surface area contributed by atoms with Gasteiger partial charge in [-0.2, -0.15) is 13.2 Å². The number of alkyl halides is 3. The molecule has 0 saturated heterocycles. The topological polar surface area (TPSA) is 113 Å². The molecule has 0 spiro atoms. The molecule has 2 aromatic rings. The zero-order chi connectivity index (χ0) is 25.0. The minimum Gasteiger partial charge on any atom is -0.475 e. The number of amides is 1. The van der Waals surface area contributed by atoms with Crippen LogP contribution in [0.25, 0.3) is 0 Å². The summed E-state index contributed by atoms with van der Waals surface area (Å²) >= 11 is 1.18. The average molecular weight is 519 g/mol. The second-order valence-electron chi connectivity index (χ2n) is 8.31. The van der Waals surface area contributed by atoms with Crippen molar-refractivity contribution in [1.82, 2.24) is 5.32 Å². The van der Waals surface area contributed by atoms with Crippen LogP contribution in [-0.2, 0) is 25.0 Å². The number of carboxylic acids is 1. The smallest absolute Gasteiger partial charge is 0.475 e. The second kappa shape index (κ2) is 10.3. The molecule has 1 aromatic carbocycles. The first-order chi connectivity index (χ1) is 15.9. The third-order valence-corrected chi connectivity index (χ3v) is 8.60. The minimum atomic E-state index is -5.08. The molecule has 34 heavy (non-hydrogen) atoms. The van der Waals surface area contributed by atoms with Crippen LogP contribution in [0.1, 0.15) is 50.5 Å². The average Bonchev–Trinajstić information content (AvgIpc) is 3.39. The Hall–Kier alpha value is -2.60. The summed E-state index contributed by atoms with van der Waals surface area (Å²) < 4.78 is 59.3. The van der Waals surface area contributed by atoms with Crippen LogP contribution in [0.4, 0.5) is 18.9 Å². The lowest BCUT2D eigenvalue weighted by molar-refractivity contribution is -0.192. The fourth-order valence-corrected chi connectivity index (χ4v) is 5.87. The van der Waals surface area contributed by atoms with Gasteiger partial charge in [0.15, 0.2) is 0 Å². The Kier molecular flexibility index (Phi) is 7.91. The van der Waals surface area contributed by atoms with Crippen molar-refractivity contribution in [2.75, 3.05) is 4.72 Å². The van der Waals surface area contributed by atoms with Gasteiger partial charge in [-0.3, -0.25) is 9.52 Å². The monoisotopic (exact) mass is 518 g/mol. The zero-order valence-electron chi connectivity index (χ0n) is 18.1. The summed E-state index contributed by atoms with van der Waals surface area (Å²) in [6, 6.07) is 10.8. The van der Waals surface area contributed by atoms with Crippen LogP contribution in [0.5, 0.6) is 0 Å². The van der Waals surface area contributed by atoms with Crippen molar-refractivity contribution in [3.63, 3.8) is 0 Å². The summed E-state index contributed by atoms with van der Waals surface area (Å²) in [6.45, 7) is 0. The summed E-state index contributed by atoms with van der Waals surface area (Å²) in [5, 5.41) is 12.1. The van der Waals surface area contributed by atoms with Crippen molar-refractivity contribution >= 4 is 38.9 Å². The van der Waals surface area contributed by atoms with Crippen molar-refractivity contribution in [1.29, 1.82) is 0 Å². The van der Waals surface area contributed by atoms with Gasteiger partial charge in [0.2, 0.25) is 5.91 Å². The molecule has 3 N–H and O–H groups in total. The van der Waals surface area contributed by atoms with E-state index >= 15 is 0 Å². The molecule has 0 atom stereocenters. The summed E-state index contributed by atoms with van der Waals surface area (Å²) in [7, 11) is -3.55. The van der Waals surface area contributed by atoms with Crippen LogP contribution in [-0.4, -0.2) is 37.6 Å². The van der Waals surface area contributed by atoms with E-state index in [0.717, 1.165) is 31.2 Å². The number of hydrogen-bond donors (Lipinski definition) is 3. The minimum absolute atomic E-state index is 0.126. The number of carbonyl (C=O) groups is 2. The van der Waals surface area contributed by atoms with E-state index in [2.05, 4.69) is 10.0 Å². The van der Waals surface area contributed by atoms with Crippen molar-refractivity contribution in [2.45, 2.75) is 66.8 Å². The number of hydrogen-bond acceptors (Lipinski definition) is 5. The summed E-state index contributed by atoms with van der Waals surface area (Å²) in [5.74, 6) is -2.63. The highest BCUT2D eigenvalue weighted by Gasteiger charge is 2.51. The molecule has 2 aliphatic carbocycles. The molecule has 0 unspecified atom stereocenters. The fourth-order valence-electron chi connectivity index (χ4n) is 3.82. The third kappa shape index (κ3) is 6.50. The first-order valence-corrected chi connectivity index (χ1v) is 13.1. The molecule has 4 rings (SSSR count). The number of carboxylic acid groups (broad SMARTS) is 1. The molecular formula is C22H25F3N2O5S2. The molecule has 1 amide bonds.